The van der Waals surface area contributed by atoms with Crippen LogP contribution in [0.15, 0.2) is 237 Å². The molecule has 1 aliphatic rings. The maximum Gasteiger partial charge on any atom is 0.0540 e. The highest BCUT2D eigenvalue weighted by Gasteiger charge is 2.36. The molecule has 1 aliphatic carbocycles. The Morgan fingerprint density at radius 3 is 1.47 bits per heavy atom. The minimum absolute atomic E-state index is 0.111. The summed E-state index contributed by atoms with van der Waals surface area (Å²) in [6, 6.07) is 86.4. The Bertz CT molecular complexity index is 3300. The van der Waals surface area contributed by atoms with Crippen LogP contribution in [0.5, 0.6) is 0 Å². The summed E-state index contributed by atoms with van der Waals surface area (Å²) in [5.41, 5.74) is 20.4. The largest absolute Gasteiger partial charge is 0.310 e. The molecule has 0 fully saturated rings. The van der Waals surface area contributed by atoms with Gasteiger partial charge in [0.2, 0.25) is 0 Å². The Morgan fingerprint density at radius 1 is 0.312 bits per heavy atom. The number of aryl methyl sites for hydroxylation is 1. The van der Waals surface area contributed by atoms with Crippen LogP contribution in [0.3, 0.4) is 0 Å². The van der Waals surface area contributed by atoms with Gasteiger partial charge in [0.05, 0.1) is 17.1 Å². The molecule has 0 radical (unpaired) electrons. The van der Waals surface area contributed by atoms with Crippen molar-refractivity contribution in [2.24, 2.45) is 0 Å². The molecule has 0 aliphatic heterocycles. The molecule has 0 amide bonds. The lowest BCUT2D eigenvalue weighted by molar-refractivity contribution is 0.660. The molecule has 2 heteroatoms. The van der Waals surface area contributed by atoms with Crippen molar-refractivity contribution in [1.29, 1.82) is 0 Å². The molecule has 64 heavy (non-hydrogen) atoms. The standard InChI is InChI=1S/C62H48N2/c1-43-18-7-14-28-58(43)64(50-40-41-55-54-26-10-13-27-56(54)62(2,3)57(55)42-50)60-30-16-12-25-53(60)48-34-32-47(33-35-48)52-24-11-15-29-59(52)63(61-31-17-22-46-21-8-9-23-51(46)61)49-38-36-45(37-39-49)44-19-5-4-6-20-44/h4-42H,1-3H3. The second-order valence-electron chi connectivity index (χ2n) is 17.4. The van der Waals surface area contributed by atoms with Crippen molar-refractivity contribution < 1.29 is 0 Å². The Kier molecular flexibility index (Phi) is 9.78. The van der Waals surface area contributed by atoms with Gasteiger partial charge in [-0.3, -0.25) is 0 Å². The van der Waals surface area contributed by atoms with Gasteiger partial charge >= 0.3 is 0 Å². The molecule has 0 saturated carbocycles. The lowest BCUT2D eigenvalue weighted by atomic mass is 9.82. The highest BCUT2D eigenvalue weighted by atomic mass is 15.2. The molecule has 10 aromatic rings. The average molecular weight is 821 g/mol. The van der Waals surface area contributed by atoms with E-state index in [2.05, 4.69) is 267 Å². The van der Waals surface area contributed by atoms with Gasteiger partial charge in [0.15, 0.2) is 0 Å². The Labute approximate surface area is 377 Å². The number of anilines is 6. The number of hydrogen-bond donors (Lipinski definition) is 0. The normalized spacial score (nSPS) is 12.4. The minimum Gasteiger partial charge on any atom is -0.310 e. The number of para-hydroxylation sites is 3. The van der Waals surface area contributed by atoms with Gasteiger partial charge in [-0.2, -0.15) is 0 Å². The van der Waals surface area contributed by atoms with Crippen LogP contribution in [0.25, 0.3) is 55.3 Å². The van der Waals surface area contributed by atoms with Gasteiger partial charge in [-0.05, 0) is 111 Å². The van der Waals surface area contributed by atoms with E-state index in [1.165, 1.54) is 61.0 Å². The van der Waals surface area contributed by atoms with Crippen molar-refractivity contribution in [2.45, 2.75) is 26.2 Å². The number of fused-ring (bicyclic) bond motifs is 4. The zero-order valence-corrected chi connectivity index (χ0v) is 36.4. The van der Waals surface area contributed by atoms with Crippen LogP contribution in [0.2, 0.25) is 0 Å². The smallest absolute Gasteiger partial charge is 0.0540 e. The van der Waals surface area contributed by atoms with Crippen LogP contribution in [-0.2, 0) is 5.41 Å². The van der Waals surface area contributed by atoms with E-state index in [0.29, 0.717) is 0 Å². The molecule has 0 atom stereocenters. The minimum atomic E-state index is -0.111. The van der Waals surface area contributed by atoms with Crippen molar-refractivity contribution in [3.63, 3.8) is 0 Å². The maximum absolute atomic E-state index is 2.46. The van der Waals surface area contributed by atoms with E-state index in [9.17, 15) is 0 Å². The molecular weight excluding hydrogens is 773 g/mol. The lowest BCUT2D eigenvalue weighted by Crippen LogP contribution is -2.17. The summed E-state index contributed by atoms with van der Waals surface area (Å²) < 4.78 is 0. The third kappa shape index (κ3) is 6.76. The van der Waals surface area contributed by atoms with Crippen LogP contribution in [0, 0.1) is 6.92 Å². The quantitative estimate of drug-likeness (QED) is 0.143. The van der Waals surface area contributed by atoms with Gasteiger partial charge in [0, 0.05) is 39.0 Å². The fraction of sp³-hybridized carbons (Fsp3) is 0.0645. The molecule has 10 aromatic carbocycles. The van der Waals surface area contributed by atoms with E-state index in [4.69, 9.17) is 0 Å². The predicted octanol–water partition coefficient (Wildman–Crippen LogP) is 17.4. The molecule has 0 bridgehead atoms. The van der Waals surface area contributed by atoms with Gasteiger partial charge < -0.3 is 9.80 Å². The second kappa shape index (κ2) is 16.1. The summed E-state index contributed by atoms with van der Waals surface area (Å²) in [7, 11) is 0. The Morgan fingerprint density at radius 2 is 0.781 bits per heavy atom. The number of rotatable bonds is 9. The van der Waals surface area contributed by atoms with Gasteiger partial charge in [-0.25, -0.2) is 0 Å². The number of benzene rings is 10. The average Bonchev–Trinajstić information content (AvgIpc) is 3.58. The van der Waals surface area contributed by atoms with E-state index in [0.717, 1.165) is 45.1 Å². The molecule has 0 N–H and O–H groups in total. The highest BCUT2D eigenvalue weighted by molar-refractivity contribution is 6.01. The highest BCUT2D eigenvalue weighted by Crippen LogP contribution is 2.52. The van der Waals surface area contributed by atoms with Crippen LogP contribution < -0.4 is 9.80 Å². The molecule has 0 spiro atoms. The van der Waals surface area contributed by atoms with Crippen LogP contribution in [-0.4, -0.2) is 0 Å². The molecule has 0 unspecified atom stereocenters. The molecular formula is C62H48N2. The first-order valence-corrected chi connectivity index (χ1v) is 22.3. The second-order valence-corrected chi connectivity index (χ2v) is 17.4. The maximum atomic E-state index is 2.46. The Balaban J connectivity index is 1.01. The van der Waals surface area contributed by atoms with Crippen molar-refractivity contribution in [1.82, 2.24) is 0 Å². The fourth-order valence-electron chi connectivity index (χ4n) is 9.95. The molecule has 2 nitrogen and oxygen atoms in total. The van der Waals surface area contributed by atoms with Crippen molar-refractivity contribution in [3.05, 3.63) is 253 Å². The van der Waals surface area contributed by atoms with Gasteiger partial charge in [0.25, 0.3) is 0 Å². The van der Waals surface area contributed by atoms with Gasteiger partial charge in [-0.1, -0.05) is 202 Å². The van der Waals surface area contributed by atoms with E-state index < -0.39 is 0 Å². The molecule has 0 saturated heterocycles. The summed E-state index contributed by atoms with van der Waals surface area (Å²) in [4.78, 5) is 4.88. The van der Waals surface area contributed by atoms with E-state index in [1.807, 2.05) is 0 Å². The fourth-order valence-corrected chi connectivity index (χ4v) is 9.95. The first-order valence-electron chi connectivity index (χ1n) is 22.3. The Hall–Kier alpha value is -7.94. The molecule has 11 rings (SSSR count). The monoisotopic (exact) mass is 820 g/mol. The summed E-state index contributed by atoms with van der Waals surface area (Å²) in [6.07, 6.45) is 0. The van der Waals surface area contributed by atoms with Gasteiger partial charge in [-0.15, -0.1) is 0 Å². The third-order valence-corrected chi connectivity index (χ3v) is 13.2. The SMILES string of the molecule is Cc1ccccc1N(c1ccc2c(c1)C(C)(C)c1ccccc1-2)c1ccccc1-c1ccc(-c2ccccc2N(c2ccc(-c3ccccc3)cc2)c2cccc3ccccc23)cc1. The summed E-state index contributed by atoms with van der Waals surface area (Å²) in [5.74, 6) is 0. The third-order valence-electron chi connectivity index (χ3n) is 13.2. The topological polar surface area (TPSA) is 6.48 Å². The summed E-state index contributed by atoms with van der Waals surface area (Å²) in [5, 5.41) is 2.41. The zero-order chi connectivity index (χ0) is 43.2. The predicted molar refractivity (Wildman–Crippen MR) is 272 cm³/mol. The van der Waals surface area contributed by atoms with E-state index in [1.54, 1.807) is 0 Å². The first kappa shape index (κ1) is 38.9. The van der Waals surface area contributed by atoms with Gasteiger partial charge in [0.1, 0.15) is 0 Å². The molecule has 306 valence electrons. The summed E-state index contributed by atoms with van der Waals surface area (Å²) >= 11 is 0. The lowest BCUT2D eigenvalue weighted by Gasteiger charge is -2.31. The van der Waals surface area contributed by atoms with Crippen LogP contribution in [0.4, 0.5) is 34.1 Å². The van der Waals surface area contributed by atoms with Crippen molar-refractivity contribution in [3.8, 4) is 44.5 Å². The summed E-state index contributed by atoms with van der Waals surface area (Å²) in [6.45, 7) is 6.93. The van der Waals surface area contributed by atoms with Crippen LogP contribution >= 0.6 is 0 Å². The number of hydrogen-bond acceptors (Lipinski definition) is 2. The van der Waals surface area contributed by atoms with E-state index in [-0.39, 0.29) is 5.41 Å². The van der Waals surface area contributed by atoms with E-state index >= 15 is 0 Å². The van der Waals surface area contributed by atoms with Crippen molar-refractivity contribution in [2.75, 3.05) is 9.80 Å². The van der Waals surface area contributed by atoms with Crippen LogP contribution in [0.1, 0.15) is 30.5 Å². The van der Waals surface area contributed by atoms with Crippen molar-refractivity contribution >= 4 is 44.9 Å². The number of nitrogens with zero attached hydrogens (tertiary/aromatic N) is 2. The zero-order valence-electron chi connectivity index (χ0n) is 36.4. The molecule has 0 heterocycles. The molecule has 0 aromatic heterocycles. The first-order chi connectivity index (χ1) is 31.4.